The van der Waals surface area contributed by atoms with E-state index in [2.05, 4.69) is 16.0 Å². The molecule has 2 aromatic carbocycles. The van der Waals surface area contributed by atoms with E-state index in [1.54, 1.807) is 43.4 Å². The van der Waals surface area contributed by atoms with E-state index in [4.69, 9.17) is 4.74 Å². The van der Waals surface area contributed by atoms with Crippen molar-refractivity contribution < 1.29 is 27.5 Å². The molecule has 7 nitrogen and oxygen atoms in total. The van der Waals surface area contributed by atoms with E-state index in [0.717, 1.165) is 12.5 Å². The first-order valence-electron chi connectivity index (χ1n) is 9.63. The number of amides is 4. The van der Waals surface area contributed by atoms with Gasteiger partial charge in [-0.1, -0.05) is 24.3 Å². The molecule has 0 aromatic heterocycles. The summed E-state index contributed by atoms with van der Waals surface area (Å²) < 4.78 is 46.1. The first kappa shape index (κ1) is 20.8. The maximum atomic E-state index is 13.6. The van der Waals surface area contributed by atoms with Crippen LogP contribution in [0.1, 0.15) is 30.5 Å². The molecule has 164 valence electrons. The molecule has 2 heterocycles. The molecule has 2 aliphatic heterocycles. The number of carbonyl (C=O) groups is 2. The number of nitrogens with zero attached hydrogens (tertiary/aromatic N) is 1. The van der Waals surface area contributed by atoms with Crippen LogP contribution in [0.25, 0.3) is 0 Å². The molecule has 0 saturated carbocycles. The second kappa shape index (κ2) is 7.36. The van der Waals surface area contributed by atoms with Gasteiger partial charge in [0.1, 0.15) is 5.75 Å². The number of rotatable bonds is 2. The Labute approximate surface area is 176 Å². The van der Waals surface area contributed by atoms with E-state index in [1.165, 1.54) is 11.0 Å². The van der Waals surface area contributed by atoms with Gasteiger partial charge in [0.15, 0.2) is 0 Å². The van der Waals surface area contributed by atoms with Crippen LogP contribution in [0.4, 0.5) is 34.1 Å². The zero-order valence-corrected chi connectivity index (χ0v) is 16.8. The second-order valence-corrected chi connectivity index (χ2v) is 7.88. The van der Waals surface area contributed by atoms with Crippen LogP contribution in [0.15, 0.2) is 42.5 Å². The molecule has 4 amide bonds. The molecule has 0 fully saturated rings. The molecule has 3 N–H and O–H groups in total. The Morgan fingerprint density at radius 2 is 2.00 bits per heavy atom. The Morgan fingerprint density at radius 3 is 2.74 bits per heavy atom. The van der Waals surface area contributed by atoms with Crippen molar-refractivity contribution in [1.29, 1.82) is 0 Å². The second-order valence-electron chi connectivity index (χ2n) is 7.88. The molecular formula is C21H21F3N4O3. The number of carbonyl (C=O) groups excluding carboxylic acids is 2. The normalized spacial score (nSPS) is 22.5. The number of ether oxygens (including phenoxy) is 1. The van der Waals surface area contributed by atoms with Crippen molar-refractivity contribution in [3.63, 3.8) is 0 Å². The van der Waals surface area contributed by atoms with Crippen LogP contribution in [-0.2, 0) is 6.54 Å². The van der Waals surface area contributed by atoms with Crippen molar-refractivity contribution in [2.24, 2.45) is 0 Å². The highest BCUT2D eigenvalue weighted by molar-refractivity contribution is 5.95. The lowest BCUT2D eigenvalue weighted by Crippen LogP contribution is -2.53. The van der Waals surface area contributed by atoms with Gasteiger partial charge in [0, 0.05) is 37.0 Å². The molecule has 31 heavy (non-hydrogen) atoms. The van der Waals surface area contributed by atoms with Crippen molar-refractivity contribution in [3.8, 4) is 5.75 Å². The molecule has 0 spiro atoms. The number of anilines is 2. The van der Waals surface area contributed by atoms with Gasteiger partial charge in [0.05, 0.1) is 6.04 Å². The summed E-state index contributed by atoms with van der Waals surface area (Å²) in [5, 5.41) is 7.97. The van der Waals surface area contributed by atoms with Crippen molar-refractivity contribution >= 4 is 23.4 Å². The Hall–Kier alpha value is -3.43. The highest BCUT2D eigenvalue weighted by Gasteiger charge is 2.57. The smallest absolute Gasteiger partial charge is 0.428 e. The van der Waals surface area contributed by atoms with Gasteiger partial charge in [0.2, 0.25) is 5.60 Å². The van der Waals surface area contributed by atoms with Crippen LogP contribution in [0.2, 0.25) is 0 Å². The zero-order valence-electron chi connectivity index (χ0n) is 16.8. The number of halogens is 3. The van der Waals surface area contributed by atoms with Gasteiger partial charge in [-0.15, -0.1) is 0 Å². The number of hydrogen-bond donors (Lipinski definition) is 3. The third-order valence-electron chi connectivity index (χ3n) is 5.49. The van der Waals surface area contributed by atoms with Crippen LogP contribution in [0, 0.1) is 0 Å². The number of benzene rings is 2. The summed E-state index contributed by atoms with van der Waals surface area (Å²) >= 11 is 0. The number of urea groups is 2. The monoisotopic (exact) mass is 434 g/mol. The summed E-state index contributed by atoms with van der Waals surface area (Å²) in [4.78, 5) is 25.9. The summed E-state index contributed by atoms with van der Waals surface area (Å²) in [5.41, 5.74) is -0.101. The van der Waals surface area contributed by atoms with Gasteiger partial charge < -0.3 is 25.6 Å². The molecule has 0 aliphatic carbocycles. The Bertz CT molecular complexity index is 1040. The lowest BCUT2D eigenvalue weighted by molar-refractivity contribution is -0.249. The average molecular weight is 434 g/mol. The highest BCUT2D eigenvalue weighted by Crippen LogP contribution is 2.46. The van der Waals surface area contributed by atoms with Crippen LogP contribution in [-0.4, -0.2) is 35.8 Å². The molecule has 0 unspecified atom stereocenters. The number of nitrogens with one attached hydrogen (secondary N) is 3. The molecule has 10 heteroatoms. The van der Waals surface area contributed by atoms with Gasteiger partial charge >= 0.3 is 18.2 Å². The lowest BCUT2D eigenvalue weighted by Gasteiger charge is -2.40. The van der Waals surface area contributed by atoms with Crippen molar-refractivity contribution in [1.82, 2.24) is 10.2 Å². The fourth-order valence-electron chi connectivity index (χ4n) is 3.72. The van der Waals surface area contributed by atoms with Crippen molar-refractivity contribution in [2.75, 3.05) is 17.7 Å². The quantitative estimate of drug-likeness (QED) is 0.645. The van der Waals surface area contributed by atoms with Crippen LogP contribution >= 0.6 is 0 Å². The predicted molar refractivity (Wildman–Crippen MR) is 108 cm³/mol. The van der Waals surface area contributed by atoms with E-state index in [0.29, 0.717) is 23.5 Å². The minimum absolute atomic E-state index is 0.0829. The summed E-state index contributed by atoms with van der Waals surface area (Å²) in [5.74, 6) is 0.0829. The van der Waals surface area contributed by atoms with Gasteiger partial charge in [0.25, 0.3) is 0 Å². The first-order valence-corrected chi connectivity index (χ1v) is 9.63. The highest BCUT2D eigenvalue weighted by atomic mass is 19.4. The predicted octanol–water partition coefficient (Wildman–Crippen LogP) is 4.63. The first-order chi connectivity index (χ1) is 14.6. The molecule has 2 aliphatic rings. The standard InChI is InChI=1S/C21H21F3N4O3/c1-20(21(22,23)24)10-16(14-5-3-4-6-17(14)31-20)26-18(29)25-13-8-7-12-11-28(2)19(30)27-15(12)9-13/h3-9,16H,10-11H2,1-2H3,(H,27,30)(H2,25,26,29)/t16-,20-/m1/s1. The molecule has 4 rings (SSSR count). The maximum absolute atomic E-state index is 13.6. The van der Waals surface area contributed by atoms with Crippen molar-refractivity contribution in [2.45, 2.75) is 37.7 Å². The minimum atomic E-state index is -4.61. The van der Waals surface area contributed by atoms with Crippen molar-refractivity contribution in [3.05, 3.63) is 53.6 Å². The number of fused-ring (bicyclic) bond motifs is 2. The average Bonchev–Trinajstić information content (AvgIpc) is 2.68. The fourth-order valence-corrected chi connectivity index (χ4v) is 3.72. The number of hydrogen-bond acceptors (Lipinski definition) is 3. The van der Waals surface area contributed by atoms with E-state index >= 15 is 0 Å². The summed E-state index contributed by atoms with van der Waals surface area (Å²) in [7, 11) is 1.66. The Kier molecular flexibility index (Phi) is 4.95. The third-order valence-corrected chi connectivity index (χ3v) is 5.49. The molecule has 0 bridgehead atoms. The maximum Gasteiger partial charge on any atom is 0.428 e. The topological polar surface area (TPSA) is 82.7 Å². The van der Waals surface area contributed by atoms with Crippen LogP contribution in [0.5, 0.6) is 5.75 Å². The van der Waals surface area contributed by atoms with E-state index < -0.39 is 30.3 Å². The molecule has 2 atom stereocenters. The number of alkyl halides is 3. The molecule has 0 saturated heterocycles. The van der Waals surface area contributed by atoms with E-state index in [9.17, 15) is 22.8 Å². The molecule has 0 radical (unpaired) electrons. The third kappa shape index (κ3) is 3.97. The van der Waals surface area contributed by atoms with Gasteiger partial charge in [-0.3, -0.25) is 0 Å². The summed E-state index contributed by atoms with van der Waals surface area (Å²) in [6.07, 6.45) is -5.08. The molecular weight excluding hydrogens is 413 g/mol. The largest absolute Gasteiger partial charge is 0.478 e. The lowest BCUT2D eigenvalue weighted by atomic mass is 9.88. The Balaban J connectivity index is 1.52. The van der Waals surface area contributed by atoms with Gasteiger partial charge in [-0.2, -0.15) is 13.2 Å². The SMILES string of the molecule is CN1Cc2ccc(NC(=O)N[C@@H]3C[C@](C)(C(F)(F)F)Oc4ccccc43)cc2NC1=O. The van der Waals surface area contributed by atoms with E-state index in [-0.39, 0.29) is 11.8 Å². The van der Waals surface area contributed by atoms with Crippen LogP contribution < -0.4 is 20.7 Å². The van der Waals surface area contributed by atoms with Crippen LogP contribution in [0.3, 0.4) is 0 Å². The zero-order chi connectivity index (χ0) is 22.4. The van der Waals surface area contributed by atoms with E-state index in [1.807, 2.05) is 0 Å². The van der Waals surface area contributed by atoms with Gasteiger partial charge in [-0.05, 0) is 30.7 Å². The minimum Gasteiger partial charge on any atom is -0.478 e. The van der Waals surface area contributed by atoms with Gasteiger partial charge in [-0.25, -0.2) is 9.59 Å². The fraction of sp³-hybridized carbons (Fsp3) is 0.333. The molecule has 2 aromatic rings. The Morgan fingerprint density at radius 1 is 1.26 bits per heavy atom. The summed E-state index contributed by atoms with van der Waals surface area (Å²) in [6, 6.07) is 9.55. The summed E-state index contributed by atoms with van der Waals surface area (Å²) in [6.45, 7) is 1.40. The number of para-hydroxylation sites is 1.